The van der Waals surface area contributed by atoms with Crippen molar-refractivity contribution in [2.45, 2.75) is 13.3 Å². The Kier molecular flexibility index (Phi) is 3.25. The Morgan fingerprint density at radius 2 is 2.05 bits per heavy atom. The molecule has 0 aliphatic carbocycles. The lowest BCUT2D eigenvalue weighted by Gasteiger charge is -2.27. The number of para-hydroxylation sites is 1. The number of benzene rings is 1. The van der Waals surface area contributed by atoms with Gasteiger partial charge >= 0.3 is 0 Å². The van der Waals surface area contributed by atoms with Gasteiger partial charge in [-0.15, -0.1) is 0 Å². The largest absolute Gasteiger partial charge is 0.440 e. The van der Waals surface area contributed by atoms with Crippen LogP contribution in [0, 0.1) is 0 Å². The van der Waals surface area contributed by atoms with Crippen LogP contribution >= 0.6 is 0 Å². The van der Waals surface area contributed by atoms with Crippen molar-refractivity contribution < 1.29 is 9.15 Å². The molecule has 1 saturated heterocycles. The summed E-state index contributed by atoms with van der Waals surface area (Å²) in [5.74, 6) is 0.654. The molecular formula is C15H17NO3. The van der Waals surface area contributed by atoms with E-state index in [1.54, 1.807) is 6.07 Å². The van der Waals surface area contributed by atoms with Crippen LogP contribution in [0.2, 0.25) is 0 Å². The molecular weight excluding hydrogens is 242 g/mol. The summed E-state index contributed by atoms with van der Waals surface area (Å²) in [6.07, 6.45) is 0.854. The van der Waals surface area contributed by atoms with Gasteiger partial charge in [0.1, 0.15) is 5.58 Å². The Bertz CT molecular complexity index is 641. The van der Waals surface area contributed by atoms with Crippen LogP contribution in [0.1, 0.15) is 12.5 Å². The van der Waals surface area contributed by atoms with Crippen LogP contribution in [-0.4, -0.2) is 26.3 Å². The van der Waals surface area contributed by atoms with Gasteiger partial charge in [0, 0.05) is 19.2 Å². The van der Waals surface area contributed by atoms with Gasteiger partial charge in [0.25, 0.3) is 0 Å². The molecule has 0 bridgehead atoms. The highest BCUT2D eigenvalue weighted by Gasteiger charge is 2.16. The Morgan fingerprint density at radius 3 is 2.79 bits per heavy atom. The topological polar surface area (TPSA) is 42.7 Å². The lowest BCUT2D eigenvalue weighted by Crippen LogP contribution is -2.36. The summed E-state index contributed by atoms with van der Waals surface area (Å²) < 4.78 is 11.3. The van der Waals surface area contributed by atoms with Gasteiger partial charge in [-0.3, -0.25) is 4.79 Å². The number of fused-ring (bicyclic) bond motifs is 1. The maximum absolute atomic E-state index is 12.2. The summed E-state index contributed by atoms with van der Waals surface area (Å²) in [4.78, 5) is 14.3. The maximum atomic E-state index is 12.2. The van der Waals surface area contributed by atoms with E-state index in [-0.39, 0.29) is 5.43 Å². The van der Waals surface area contributed by atoms with Gasteiger partial charge in [-0.1, -0.05) is 19.1 Å². The molecule has 2 aromatic rings. The second-order valence-electron chi connectivity index (χ2n) is 4.70. The molecule has 4 nitrogen and oxygen atoms in total. The minimum absolute atomic E-state index is 0.0260. The Balaban J connectivity index is 2.14. The molecule has 1 aromatic heterocycles. The van der Waals surface area contributed by atoms with Crippen molar-refractivity contribution in [2.24, 2.45) is 0 Å². The SMILES string of the molecule is CCc1cccc2c(=O)cc(N3CCOCC3)oc12. The van der Waals surface area contributed by atoms with Gasteiger partial charge in [-0.2, -0.15) is 0 Å². The minimum atomic E-state index is 0.0260. The second-order valence-corrected chi connectivity index (χ2v) is 4.70. The van der Waals surface area contributed by atoms with Crippen LogP contribution < -0.4 is 10.3 Å². The molecule has 3 rings (SSSR count). The highest BCUT2D eigenvalue weighted by molar-refractivity contribution is 5.80. The number of aryl methyl sites for hydroxylation is 1. The number of nitrogens with zero attached hydrogens (tertiary/aromatic N) is 1. The Hall–Kier alpha value is -1.81. The van der Waals surface area contributed by atoms with Crippen molar-refractivity contribution in [3.05, 3.63) is 40.1 Å². The van der Waals surface area contributed by atoms with E-state index in [4.69, 9.17) is 9.15 Å². The monoisotopic (exact) mass is 259 g/mol. The van der Waals surface area contributed by atoms with Crippen LogP contribution in [-0.2, 0) is 11.2 Å². The van der Waals surface area contributed by atoms with Crippen molar-refractivity contribution in [3.8, 4) is 0 Å². The van der Waals surface area contributed by atoms with Gasteiger partial charge in [0.2, 0.25) is 0 Å². The van der Waals surface area contributed by atoms with E-state index in [0.29, 0.717) is 24.5 Å². The van der Waals surface area contributed by atoms with Crippen LogP contribution in [0.15, 0.2) is 33.5 Å². The molecule has 19 heavy (non-hydrogen) atoms. The molecule has 0 N–H and O–H groups in total. The molecule has 1 fully saturated rings. The smallest absolute Gasteiger partial charge is 0.200 e. The summed E-state index contributed by atoms with van der Waals surface area (Å²) in [5, 5.41) is 0.663. The minimum Gasteiger partial charge on any atom is -0.440 e. The summed E-state index contributed by atoms with van der Waals surface area (Å²) in [6, 6.07) is 7.33. The molecule has 1 aliphatic rings. The molecule has 0 atom stereocenters. The molecule has 0 saturated carbocycles. The molecule has 0 amide bonds. The van der Waals surface area contributed by atoms with Gasteiger partial charge in [0.15, 0.2) is 11.3 Å². The first-order chi connectivity index (χ1) is 9.29. The Morgan fingerprint density at radius 1 is 1.26 bits per heavy atom. The number of anilines is 1. The molecule has 2 heterocycles. The second kappa shape index (κ2) is 5.05. The lowest BCUT2D eigenvalue weighted by atomic mass is 10.1. The number of hydrogen-bond donors (Lipinski definition) is 0. The number of ether oxygens (including phenoxy) is 1. The van der Waals surface area contributed by atoms with Gasteiger partial charge < -0.3 is 14.1 Å². The van der Waals surface area contributed by atoms with Gasteiger partial charge in [0.05, 0.1) is 18.6 Å². The highest BCUT2D eigenvalue weighted by atomic mass is 16.5. The molecule has 0 spiro atoms. The fraction of sp³-hybridized carbons (Fsp3) is 0.400. The molecule has 1 aromatic carbocycles. The van der Waals surface area contributed by atoms with E-state index < -0.39 is 0 Å². The number of hydrogen-bond acceptors (Lipinski definition) is 4. The van der Waals surface area contributed by atoms with E-state index in [0.717, 1.165) is 30.7 Å². The predicted molar refractivity (Wildman–Crippen MR) is 74.9 cm³/mol. The summed E-state index contributed by atoms with van der Waals surface area (Å²) >= 11 is 0. The zero-order valence-electron chi connectivity index (χ0n) is 11.0. The van der Waals surface area contributed by atoms with Crippen LogP contribution in [0.25, 0.3) is 11.0 Å². The van der Waals surface area contributed by atoms with E-state index in [2.05, 4.69) is 11.8 Å². The van der Waals surface area contributed by atoms with Crippen LogP contribution in [0.5, 0.6) is 0 Å². The zero-order valence-corrected chi connectivity index (χ0v) is 11.0. The first kappa shape index (κ1) is 12.2. The maximum Gasteiger partial charge on any atom is 0.200 e. The van der Waals surface area contributed by atoms with Crippen molar-refractivity contribution in [1.82, 2.24) is 0 Å². The lowest BCUT2D eigenvalue weighted by molar-refractivity contribution is 0.121. The Labute approximate surface area is 111 Å². The average molecular weight is 259 g/mol. The van der Waals surface area contributed by atoms with E-state index >= 15 is 0 Å². The third kappa shape index (κ3) is 2.24. The summed E-state index contributed by atoms with van der Waals surface area (Å²) in [6.45, 7) is 4.95. The molecule has 100 valence electrons. The number of morpholine rings is 1. The number of rotatable bonds is 2. The van der Waals surface area contributed by atoms with Crippen LogP contribution in [0.4, 0.5) is 5.88 Å². The fourth-order valence-corrected chi connectivity index (χ4v) is 2.44. The molecule has 4 heteroatoms. The predicted octanol–water partition coefficient (Wildman–Crippen LogP) is 2.19. The zero-order chi connectivity index (χ0) is 13.2. The fourth-order valence-electron chi connectivity index (χ4n) is 2.44. The third-order valence-corrected chi connectivity index (χ3v) is 3.53. The van der Waals surface area contributed by atoms with Crippen LogP contribution in [0.3, 0.4) is 0 Å². The van der Waals surface area contributed by atoms with E-state index in [1.807, 2.05) is 18.2 Å². The standard InChI is InChI=1S/C15H17NO3/c1-2-11-4-3-5-12-13(17)10-14(19-15(11)12)16-6-8-18-9-7-16/h3-5,10H,2,6-9H2,1H3. The van der Waals surface area contributed by atoms with E-state index in [9.17, 15) is 4.79 Å². The van der Waals surface area contributed by atoms with Crippen molar-refractivity contribution >= 4 is 16.9 Å². The molecule has 0 unspecified atom stereocenters. The first-order valence-electron chi connectivity index (χ1n) is 6.68. The first-order valence-corrected chi connectivity index (χ1v) is 6.68. The summed E-state index contributed by atoms with van der Waals surface area (Å²) in [5.41, 5.74) is 1.82. The summed E-state index contributed by atoms with van der Waals surface area (Å²) in [7, 11) is 0. The molecule has 1 aliphatic heterocycles. The van der Waals surface area contributed by atoms with Gasteiger partial charge in [-0.05, 0) is 18.1 Å². The highest BCUT2D eigenvalue weighted by Crippen LogP contribution is 2.23. The average Bonchev–Trinajstić information content (AvgIpc) is 2.47. The van der Waals surface area contributed by atoms with Gasteiger partial charge in [-0.25, -0.2) is 0 Å². The van der Waals surface area contributed by atoms with Crippen molar-refractivity contribution in [1.29, 1.82) is 0 Å². The van der Waals surface area contributed by atoms with E-state index in [1.165, 1.54) is 0 Å². The third-order valence-electron chi connectivity index (χ3n) is 3.53. The van der Waals surface area contributed by atoms with Crippen molar-refractivity contribution in [2.75, 3.05) is 31.2 Å². The molecule has 0 radical (unpaired) electrons. The normalized spacial score (nSPS) is 15.9. The van der Waals surface area contributed by atoms with Crippen molar-refractivity contribution in [3.63, 3.8) is 0 Å². The quantitative estimate of drug-likeness (QED) is 0.829.